The van der Waals surface area contributed by atoms with Crippen LogP contribution in [0, 0.1) is 12.7 Å². The fourth-order valence-corrected chi connectivity index (χ4v) is 4.54. The summed E-state index contributed by atoms with van der Waals surface area (Å²) < 4.78 is 20.0. The summed E-state index contributed by atoms with van der Waals surface area (Å²) in [4.78, 5) is 20.2. The monoisotopic (exact) mass is 460 g/mol. The number of carbonyl (C=O) groups is 1. The fourth-order valence-electron chi connectivity index (χ4n) is 3.89. The number of hydrogen-bond donors (Lipinski definition) is 1. The predicted octanol–water partition coefficient (Wildman–Crippen LogP) is 5.94. The maximum absolute atomic E-state index is 14.3. The van der Waals surface area contributed by atoms with E-state index in [4.69, 9.17) is 4.52 Å². The lowest BCUT2D eigenvalue weighted by Gasteiger charge is -2.35. The van der Waals surface area contributed by atoms with Crippen molar-refractivity contribution in [1.82, 2.24) is 20.4 Å². The Hall–Kier alpha value is -3.78. The Bertz CT molecular complexity index is 1330. The Balaban J connectivity index is 1.61. The molecule has 0 fully saturated rings. The molecule has 2 amide bonds. The number of rotatable bonds is 5. The molecule has 0 radical (unpaired) electrons. The van der Waals surface area contributed by atoms with Gasteiger partial charge >= 0.3 is 6.03 Å². The van der Waals surface area contributed by atoms with Crippen molar-refractivity contribution in [3.05, 3.63) is 100 Å². The number of amides is 2. The molecule has 6 nitrogen and oxygen atoms in total. The number of allylic oxidation sites excluding steroid dienone is 1. The molecule has 0 aliphatic carbocycles. The molecule has 1 unspecified atom stereocenters. The summed E-state index contributed by atoms with van der Waals surface area (Å²) in [5.74, 6) is 0.443. The van der Waals surface area contributed by atoms with Gasteiger partial charge in [0.1, 0.15) is 5.82 Å². The molecular formula is C25H21FN4O2S. The molecule has 3 heterocycles. The van der Waals surface area contributed by atoms with E-state index in [-0.39, 0.29) is 18.4 Å². The molecule has 1 aliphatic heterocycles. The molecular weight excluding hydrogens is 439 g/mol. The highest BCUT2D eigenvalue weighted by Gasteiger charge is 2.36. The number of hydrogen-bond acceptors (Lipinski definition) is 5. The molecule has 1 atom stereocenters. The van der Waals surface area contributed by atoms with Crippen LogP contribution in [0.15, 0.2) is 76.3 Å². The Morgan fingerprint density at radius 2 is 1.88 bits per heavy atom. The molecule has 0 saturated carbocycles. The standard InChI is InChI=1S/C25H21FN4O2S/c1-15-9-11-17(12-10-15)22-21(24-28-23(29-32-24)20-8-5-13-33-20)16(2)30(25(31)27-22)14-18-6-3-4-7-19(18)26/h3-13,22H,14H2,1-2H3,(H,27,31). The first-order chi connectivity index (χ1) is 16.0. The van der Waals surface area contributed by atoms with E-state index in [1.807, 2.05) is 55.6 Å². The van der Waals surface area contributed by atoms with E-state index >= 15 is 0 Å². The second kappa shape index (κ2) is 8.63. The number of benzene rings is 2. The van der Waals surface area contributed by atoms with E-state index < -0.39 is 6.04 Å². The molecule has 2 aromatic carbocycles. The van der Waals surface area contributed by atoms with Crippen LogP contribution in [0.2, 0.25) is 0 Å². The molecule has 1 N–H and O–H groups in total. The van der Waals surface area contributed by atoms with Gasteiger partial charge < -0.3 is 9.84 Å². The predicted molar refractivity (Wildman–Crippen MR) is 125 cm³/mol. The SMILES string of the molecule is CC1=C(c2nc(-c3cccs3)no2)C(c2ccc(C)cc2)NC(=O)N1Cc1ccccc1F. The summed E-state index contributed by atoms with van der Waals surface area (Å²) in [7, 11) is 0. The van der Waals surface area contributed by atoms with Crippen molar-refractivity contribution >= 4 is 22.9 Å². The third-order valence-corrected chi connectivity index (χ3v) is 6.56. The molecule has 166 valence electrons. The molecule has 0 saturated heterocycles. The van der Waals surface area contributed by atoms with Gasteiger partial charge in [0.2, 0.25) is 5.82 Å². The van der Waals surface area contributed by atoms with Crippen molar-refractivity contribution in [2.45, 2.75) is 26.4 Å². The summed E-state index contributed by atoms with van der Waals surface area (Å²) in [6.07, 6.45) is 0. The van der Waals surface area contributed by atoms with E-state index in [9.17, 15) is 9.18 Å². The van der Waals surface area contributed by atoms with Crippen molar-refractivity contribution in [1.29, 1.82) is 0 Å². The van der Waals surface area contributed by atoms with Crippen LogP contribution >= 0.6 is 11.3 Å². The molecule has 8 heteroatoms. The van der Waals surface area contributed by atoms with Gasteiger partial charge in [0.05, 0.1) is 23.0 Å². The fraction of sp³-hybridized carbons (Fsp3) is 0.160. The number of thiophene rings is 1. The highest BCUT2D eigenvalue weighted by molar-refractivity contribution is 7.13. The maximum atomic E-state index is 14.3. The number of nitrogens with zero attached hydrogens (tertiary/aromatic N) is 3. The Morgan fingerprint density at radius 3 is 2.61 bits per heavy atom. The second-order valence-electron chi connectivity index (χ2n) is 7.87. The average Bonchev–Trinajstić information content (AvgIpc) is 3.50. The number of aromatic nitrogens is 2. The van der Waals surface area contributed by atoms with Crippen LogP contribution in [-0.2, 0) is 6.54 Å². The largest absolute Gasteiger partial charge is 0.334 e. The molecule has 5 rings (SSSR count). The minimum atomic E-state index is -0.480. The second-order valence-corrected chi connectivity index (χ2v) is 8.82. The van der Waals surface area contributed by atoms with Gasteiger partial charge in [-0.25, -0.2) is 9.18 Å². The average molecular weight is 461 g/mol. The quantitative estimate of drug-likeness (QED) is 0.400. The van der Waals surface area contributed by atoms with E-state index in [0.717, 1.165) is 16.0 Å². The van der Waals surface area contributed by atoms with Gasteiger partial charge in [-0.1, -0.05) is 59.3 Å². The minimum Gasteiger partial charge on any atom is -0.334 e. The van der Waals surface area contributed by atoms with Crippen LogP contribution in [0.4, 0.5) is 9.18 Å². The zero-order chi connectivity index (χ0) is 22.9. The first kappa shape index (κ1) is 21.1. The van der Waals surface area contributed by atoms with Gasteiger partial charge in [-0.15, -0.1) is 11.3 Å². The molecule has 1 aliphatic rings. The van der Waals surface area contributed by atoms with Crippen molar-refractivity contribution < 1.29 is 13.7 Å². The van der Waals surface area contributed by atoms with Crippen LogP contribution in [-0.4, -0.2) is 21.1 Å². The lowest BCUT2D eigenvalue weighted by atomic mass is 9.94. The van der Waals surface area contributed by atoms with E-state index in [1.165, 1.54) is 22.3 Å². The van der Waals surface area contributed by atoms with Gasteiger partial charge in [-0.05, 0) is 36.9 Å². The first-order valence-electron chi connectivity index (χ1n) is 10.5. The first-order valence-corrected chi connectivity index (χ1v) is 11.4. The van der Waals surface area contributed by atoms with Crippen LogP contribution in [0.3, 0.4) is 0 Å². The molecule has 0 bridgehead atoms. The number of nitrogens with one attached hydrogen (secondary N) is 1. The Morgan fingerprint density at radius 1 is 1.09 bits per heavy atom. The molecule has 2 aromatic heterocycles. The number of urea groups is 1. The summed E-state index contributed by atoms with van der Waals surface area (Å²) in [6, 6.07) is 17.4. The van der Waals surface area contributed by atoms with Crippen molar-refractivity contribution in [2.75, 3.05) is 0 Å². The van der Waals surface area contributed by atoms with E-state index in [2.05, 4.69) is 15.5 Å². The highest BCUT2D eigenvalue weighted by Crippen LogP contribution is 2.38. The minimum absolute atomic E-state index is 0.0837. The summed E-state index contributed by atoms with van der Waals surface area (Å²) >= 11 is 1.52. The normalized spacial score (nSPS) is 16.3. The molecule has 4 aromatic rings. The van der Waals surface area contributed by atoms with Gasteiger partial charge in [-0.2, -0.15) is 4.98 Å². The third-order valence-electron chi connectivity index (χ3n) is 5.69. The van der Waals surface area contributed by atoms with E-state index in [1.54, 1.807) is 18.2 Å². The Kier molecular flexibility index (Phi) is 5.51. The summed E-state index contributed by atoms with van der Waals surface area (Å²) in [6.45, 7) is 3.91. The van der Waals surface area contributed by atoms with Crippen LogP contribution < -0.4 is 5.32 Å². The van der Waals surface area contributed by atoms with Crippen molar-refractivity contribution in [3.63, 3.8) is 0 Å². The number of aryl methyl sites for hydroxylation is 1. The van der Waals surface area contributed by atoms with Crippen molar-refractivity contribution in [2.24, 2.45) is 0 Å². The topological polar surface area (TPSA) is 71.3 Å². The lowest BCUT2D eigenvalue weighted by Crippen LogP contribution is -2.45. The van der Waals surface area contributed by atoms with Gasteiger partial charge in [0, 0.05) is 11.3 Å². The van der Waals surface area contributed by atoms with Gasteiger partial charge in [0.25, 0.3) is 5.89 Å². The van der Waals surface area contributed by atoms with Gasteiger partial charge in [0.15, 0.2) is 0 Å². The Labute approximate surface area is 194 Å². The third kappa shape index (κ3) is 4.05. The van der Waals surface area contributed by atoms with E-state index in [0.29, 0.717) is 28.5 Å². The summed E-state index contributed by atoms with van der Waals surface area (Å²) in [5.41, 5.74) is 3.75. The number of halogens is 1. The van der Waals surface area contributed by atoms with Crippen molar-refractivity contribution in [3.8, 4) is 10.7 Å². The lowest BCUT2D eigenvalue weighted by molar-refractivity contribution is 0.202. The number of carbonyl (C=O) groups excluding carboxylic acids is 1. The van der Waals surface area contributed by atoms with Crippen LogP contribution in [0.5, 0.6) is 0 Å². The van der Waals surface area contributed by atoms with Crippen LogP contribution in [0.1, 0.15) is 35.5 Å². The smallest absolute Gasteiger partial charge is 0.322 e. The zero-order valence-corrected chi connectivity index (χ0v) is 18.9. The highest BCUT2D eigenvalue weighted by atomic mass is 32.1. The molecule has 33 heavy (non-hydrogen) atoms. The maximum Gasteiger partial charge on any atom is 0.322 e. The zero-order valence-electron chi connectivity index (χ0n) is 18.1. The molecule has 0 spiro atoms. The van der Waals surface area contributed by atoms with Crippen LogP contribution in [0.25, 0.3) is 16.3 Å². The van der Waals surface area contributed by atoms with Gasteiger partial charge in [-0.3, -0.25) is 4.90 Å². The summed E-state index contributed by atoms with van der Waals surface area (Å²) in [5, 5.41) is 9.14.